The molecule has 0 N–H and O–H groups in total. The molecule has 0 saturated heterocycles. The van der Waals surface area contributed by atoms with Gasteiger partial charge in [0.1, 0.15) is 5.75 Å². The van der Waals surface area contributed by atoms with Gasteiger partial charge in [0.25, 0.3) is 0 Å². The number of methoxy groups -OCH3 is 1. The maximum absolute atomic E-state index is 10.9. The van der Waals surface area contributed by atoms with E-state index in [0.29, 0.717) is 12.5 Å². The summed E-state index contributed by atoms with van der Waals surface area (Å²) in [5.41, 5.74) is 0.762. The second kappa shape index (κ2) is 5.90. The highest BCUT2D eigenvalue weighted by Crippen LogP contribution is 2.12. The molecule has 0 fully saturated rings. The second-order valence-corrected chi connectivity index (χ2v) is 3.10. The van der Waals surface area contributed by atoms with Gasteiger partial charge in [-0.3, -0.25) is 4.79 Å². The van der Waals surface area contributed by atoms with E-state index in [4.69, 9.17) is 9.47 Å². The molecule has 86 valence electrons. The summed E-state index contributed by atoms with van der Waals surface area (Å²) >= 11 is 0. The van der Waals surface area contributed by atoms with Gasteiger partial charge in [0.15, 0.2) is 0 Å². The lowest BCUT2D eigenvalue weighted by atomic mass is 10.2. The van der Waals surface area contributed by atoms with Gasteiger partial charge in [-0.15, -0.1) is 0 Å². The van der Waals surface area contributed by atoms with E-state index in [1.54, 1.807) is 31.4 Å². The van der Waals surface area contributed by atoms with Crippen molar-refractivity contribution in [3.63, 3.8) is 0 Å². The topological polar surface area (TPSA) is 47.9 Å². The first-order valence-corrected chi connectivity index (χ1v) is 5.03. The lowest BCUT2D eigenvalue weighted by molar-refractivity contribution is -0.115. The van der Waals surface area contributed by atoms with Crippen molar-refractivity contribution in [3.8, 4) is 5.75 Å². The first-order chi connectivity index (χ1) is 7.67. The molecule has 0 bridgehead atoms. The molecule has 1 rings (SSSR count). The first-order valence-electron chi connectivity index (χ1n) is 5.03. The minimum absolute atomic E-state index is 0.278. The number of aliphatic imine (C=N–C) groups is 1. The Hall–Kier alpha value is -1.84. The van der Waals surface area contributed by atoms with Gasteiger partial charge in [-0.1, -0.05) is 0 Å². The Bertz CT molecular complexity index is 382. The molecule has 16 heavy (non-hydrogen) atoms. The highest BCUT2D eigenvalue weighted by Gasteiger charge is 2.05. The number of nitrogens with zero attached hydrogens (tertiary/aromatic N) is 1. The van der Waals surface area contributed by atoms with Crippen LogP contribution in [0.3, 0.4) is 0 Å². The smallest absolute Gasteiger partial charge is 0.245 e. The van der Waals surface area contributed by atoms with E-state index in [2.05, 4.69) is 4.99 Å². The fourth-order valence-corrected chi connectivity index (χ4v) is 1.19. The summed E-state index contributed by atoms with van der Waals surface area (Å²) in [5, 5.41) is 0. The Morgan fingerprint density at radius 2 is 1.94 bits per heavy atom. The fraction of sp³-hybridized carbons (Fsp3) is 0.333. The standard InChI is InChI=1S/C12H15NO3/c1-4-16-12(13-9(2)14)10-5-7-11(15-3)8-6-10/h5-8H,4H2,1-3H3/b13-12-. The third kappa shape index (κ3) is 3.38. The average molecular weight is 221 g/mol. The molecule has 0 atom stereocenters. The minimum Gasteiger partial charge on any atom is -0.497 e. The van der Waals surface area contributed by atoms with Crippen LogP contribution in [0.4, 0.5) is 0 Å². The van der Waals surface area contributed by atoms with Crippen LogP contribution >= 0.6 is 0 Å². The largest absolute Gasteiger partial charge is 0.497 e. The lowest BCUT2D eigenvalue weighted by Gasteiger charge is -2.07. The maximum Gasteiger partial charge on any atom is 0.245 e. The van der Waals surface area contributed by atoms with E-state index >= 15 is 0 Å². The van der Waals surface area contributed by atoms with E-state index in [9.17, 15) is 4.79 Å². The van der Waals surface area contributed by atoms with Gasteiger partial charge >= 0.3 is 0 Å². The Morgan fingerprint density at radius 1 is 1.31 bits per heavy atom. The molecule has 0 spiro atoms. The number of amides is 1. The molecule has 4 heteroatoms. The van der Waals surface area contributed by atoms with Crippen molar-refractivity contribution in [1.82, 2.24) is 0 Å². The van der Waals surface area contributed by atoms with E-state index in [0.717, 1.165) is 11.3 Å². The molecule has 0 aromatic heterocycles. The number of rotatable bonds is 3. The number of ether oxygens (including phenoxy) is 2. The van der Waals surface area contributed by atoms with Crippen LogP contribution in [-0.4, -0.2) is 25.5 Å². The maximum atomic E-state index is 10.9. The monoisotopic (exact) mass is 221 g/mol. The molecule has 0 aliphatic heterocycles. The SMILES string of the molecule is CCO/C(=N\C(C)=O)c1ccc(OC)cc1. The van der Waals surface area contributed by atoms with Crippen molar-refractivity contribution < 1.29 is 14.3 Å². The minimum atomic E-state index is -0.278. The Kier molecular flexibility index (Phi) is 4.51. The molecule has 0 radical (unpaired) electrons. The van der Waals surface area contributed by atoms with Crippen molar-refractivity contribution in [3.05, 3.63) is 29.8 Å². The van der Waals surface area contributed by atoms with E-state index in [1.807, 2.05) is 6.92 Å². The molecule has 1 aromatic rings. The van der Waals surface area contributed by atoms with Crippen LogP contribution in [0, 0.1) is 0 Å². The van der Waals surface area contributed by atoms with Gasteiger partial charge in [-0.25, -0.2) is 0 Å². The number of carbonyl (C=O) groups is 1. The normalized spacial score (nSPS) is 11.1. The lowest BCUT2D eigenvalue weighted by Crippen LogP contribution is -2.08. The molecule has 0 unspecified atom stereocenters. The molecule has 0 heterocycles. The van der Waals surface area contributed by atoms with Crippen molar-refractivity contribution >= 4 is 11.8 Å². The molecular weight excluding hydrogens is 206 g/mol. The predicted octanol–water partition coefficient (Wildman–Crippen LogP) is 2.02. The molecule has 1 amide bonds. The third-order valence-corrected chi connectivity index (χ3v) is 1.88. The van der Waals surface area contributed by atoms with E-state index in [1.165, 1.54) is 6.92 Å². The zero-order valence-corrected chi connectivity index (χ0v) is 9.69. The highest BCUT2D eigenvalue weighted by molar-refractivity contribution is 6.01. The van der Waals surface area contributed by atoms with Crippen molar-refractivity contribution in [1.29, 1.82) is 0 Å². The van der Waals surface area contributed by atoms with Crippen LogP contribution in [0.5, 0.6) is 5.75 Å². The summed E-state index contributed by atoms with van der Waals surface area (Å²) in [6, 6.07) is 7.19. The summed E-state index contributed by atoms with van der Waals surface area (Å²) < 4.78 is 10.3. The van der Waals surface area contributed by atoms with Gasteiger partial charge in [0.05, 0.1) is 13.7 Å². The Morgan fingerprint density at radius 3 is 2.38 bits per heavy atom. The molecular formula is C12H15NO3. The van der Waals surface area contributed by atoms with Gasteiger partial charge < -0.3 is 9.47 Å². The summed E-state index contributed by atoms with van der Waals surface area (Å²) in [7, 11) is 1.60. The van der Waals surface area contributed by atoms with Crippen LogP contribution in [0.1, 0.15) is 19.4 Å². The highest BCUT2D eigenvalue weighted by atomic mass is 16.5. The van der Waals surface area contributed by atoms with Gasteiger partial charge in [-0.2, -0.15) is 4.99 Å². The average Bonchev–Trinajstić information content (AvgIpc) is 2.28. The van der Waals surface area contributed by atoms with Crippen molar-refractivity contribution in [2.75, 3.05) is 13.7 Å². The van der Waals surface area contributed by atoms with Gasteiger partial charge in [0, 0.05) is 12.5 Å². The van der Waals surface area contributed by atoms with Gasteiger partial charge in [-0.05, 0) is 31.2 Å². The van der Waals surface area contributed by atoms with Crippen LogP contribution in [0.2, 0.25) is 0 Å². The van der Waals surface area contributed by atoms with Crippen LogP contribution in [-0.2, 0) is 9.53 Å². The van der Waals surface area contributed by atoms with E-state index < -0.39 is 0 Å². The fourth-order valence-electron chi connectivity index (χ4n) is 1.19. The molecule has 0 aliphatic carbocycles. The zero-order valence-electron chi connectivity index (χ0n) is 9.69. The molecule has 0 aliphatic rings. The number of hydrogen-bond acceptors (Lipinski definition) is 3. The summed E-state index contributed by atoms with van der Waals surface area (Å²) in [6.07, 6.45) is 0. The summed E-state index contributed by atoms with van der Waals surface area (Å²) in [6.45, 7) is 3.71. The van der Waals surface area contributed by atoms with Crippen molar-refractivity contribution in [2.24, 2.45) is 4.99 Å². The quantitative estimate of drug-likeness (QED) is 0.579. The number of benzene rings is 1. The molecule has 0 saturated carbocycles. The third-order valence-electron chi connectivity index (χ3n) is 1.88. The van der Waals surface area contributed by atoms with Crippen LogP contribution in [0.15, 0.2) is 29.3 Å². The van der Waals surface area contributed by atoms with Crippen LogP contribution < -0.4 is 4.74 Å². The molecule has 1 aromatic carbocycles. The van der Waals surface area contributed by atoms with Crippen LogP contribution in [0.25, 0.3) is 0 Å². The Balaban J connectivity index is 2.97. The molecule has 4 nitrogen and oxygen atoms in total. The van der Waals surface area contributed by atoms with Crippen molar-refractivity contribution in [2.45, 2.75) is 13.8 Å². The summed E-state index contributed by atoms with van der Waals surface area (Å²) in [5.74, 6) is 0.819. The number of carbonyl (C=O) groups excluding carboxylic acids is 1. The Labute approximate surface area is 94.9 Å². The van der Waals surface area contributed by atoms with E-state index in [-0.39, 0.29) is 5.91 Å². The summed E-state index contributed by atoms with van der Waals surface area (Å²) in [4.78, 5) is 14.7. The predicted molar refractivity (Wildman–Crippen MR) is 61.8 cm³/mol. The number of hydrogen-bond donors (Lipinski definition) is 0. The van der Waals surface area contributed by atoms with Gasteiger partial charge in [0.2, 0.25) is 11.8 Å². The first kappa shape index (κ1) is 12.2. The second-order valence-electron chi connectivity index (χ2n) is 3.10. The zero-order chi connectivity index (χ0) is 12.0.